The van der Waals surface area contributed by atoms with E-state index in [-0.39, 0.29) is 6.61 Å². The molecule has 1 unspecified atom stereocenters. The highest BCUT2D eigenvalue weighted by Gasteiger charge is 2.20. The van der Waals surface area contributed by atoms with Crippen LogP contribution in [0.4, 0.5) is 0 Å². The number of aliphatic hydroxyl groups excluding tert-OH is 1. The Bertz CT molecular complexity index is 615. The molecule has 0 spiro atoms. The van der Waals surface area contributed by atoms with Gasteiger partial charge in [-0.3, -0.25) is 0 Å². The molecule has 4 heteroatoms. The lowest BCUT2D eigenvalue weighted by molar-refractivity contribution is 0.230. The van der Waals surface area contributed by atoms with Crippen molar-refractivity contribution in [2.45, 2.75) is 31.9 Å². The van der Waals surface area contributed by atoms with Crippen LogP contribution in [0.25, 0.3) is 10.8 Å². The number of hydrogen-bond acceptors (Lipinski definition) is 4. The number of likely N-dealkylation sites (tertiary alicyclic amines) is 1. The van der Waals surface area contributed by atoms with Gasteiger partial charge in [0.2, 0.25) is 5.88 Å². The Labute approximate surface area is 125 Å². The molecule has 1 saturated heterocycles. The highest BCUT2D eigenvalue weighted by molar-refractivity contribution is 5.89. The van der Waals surface area contributed by atoms with E-state index in [1.165, 1.54) is 19.4 Å². The highest BCUT2D eigenvalue weighted by Crippen LogP contribution is 2.26. The second kappa shape index (κ2) is 6.41. The van der Waals surface area contributed by atoms with E-state index >= 15 is 0 Å². The molecule has 1 aliphatic rings. The molecule has 1 aromatic carbocycles. The van der Waals surface area contributed by atoms with Crippen LogP contribution in [0.15, 0.2) is 30.5 Å². The van der Waals surface area contributed by atoms with Crippen molar-refractivity contribution >= 4 is 10.8 Å². The lowest BCUT2D eigenvalue weighted by Crippen LogP contribution is -2.26. The maximum Gasteiger partial charge on any atom is 0.221 e. The normalized spacial score (nSPS) is 19.2. The number of aliphatic hydroxyl groups is 1. The molecule has 1 atom stereocenters. The molecule has 21 heavy (non-hydrogen) atoms. The summed E-state index contributed by atoms with van der Waals surface area (Å²) in [6.07, 6.45) is 5.29. The van der Waals surface area contributed by atoms with E-state index in [9.17, 15) is 5.11 Å². The van der Waals surface area contributed by atoms with E-state index in [0.717, 1.165) is 22.8 Å². The summed E-state index contributed by atoms with van der Waals surface area (Å²) in [5, 5.41) is 11.4. The quantitative estimate of drug-likeness (QED) is 0.917. The van der Waals surface area contributed by atoms with Gasteiger partial charge >= 0.3 is 0 Å². The lowest BCUT2D eigenvalue weighted by atomic mass is 10.1. The van der Waals surface area contributed by atoms with Crippen LogP contribution in [0.2, 0.25) is 0 Å². The molecule has 0 aliphatic carbocycles. The SMILES string of the molecule is CN1CCCC1CCOc1ncc(CO)c2ccccc12. The van der Waals surface area contributed by atoms with Crippen molar-refractivity contribution < 1.29 is 9.84 Å². The molecule has 0 radical (unpaired) electrons. The Kier molecular flexibility index (Phi) is 4.36. The minimum absolute atomic E-state index is 0.000657. The Hall–Kier alpha value is -1.65. The molecule has 0 amide bonds. The van der Waals surface area contributed by atoms with Gasteiger partial charge in [-0.05, 0) is 44.3 Å². The van der Waals surface area contributed by atoms with Gasteiger partial charge in [-0.25, -0.2) is 4.98 Å². The zero-order valence-electron chi connectivity index (χ0n) is 12.5. The Morgan fingerprint density at radius 2 is 2.14 bits per heavy atom. The average Bonchev–Trinajstić information content (AvgIpc) is 2.93. The fourth-order valence-electron chi connectivity index (χ4n) is 3.10. The van der Waals surface area contributed by atoms with Crippen molar-refractivity contribution in [2.24, 2.45) is 0 Å². The number of rotatable bonds is 5. The first-order chi connectivity index (χ1) is 10.3. The fourth-order valence-corrected chi connectivity index (χ4v) is 3.10. The predicted molar refractivity (Wildman–Crippen MR) is 83.4 cm³/mol. The van der Waals surface area contributed by atoms with Crippen LogP contribution in [-0.4, -0.2) is 41.2 Å². The van der Waals surface area contributed by atoms with Crippen molar-refractivity contribution in [3.05, 3.63) is 36.0 Å². The molecule has 1 aliphatic heterocycles. The lowest BCUT2D eigenvalue weighted by Gasteiger charge is -2.19. The van der Waals surface area contributed by atoms with Crippen LogP contribution in [0.1, 0.15) is 24.8 Å². The van der Waals surface area contributed by atoms with Crippen molar-refractivity contribution in [3.63, 3.8) is 0 Å². The summed E-state index contributed by atoms with van der Waals surface area (Å²) < 4.78 is 5.91. The van der Waals surface area contributed by atoms with Crippen LogP contribution in [0.3, 0.4) is 0 Å². The summed E-state index contributed by atoms with van der Waals surface area (Å²) in [5.41, 5.74) is 0.841. The number of ether oxygens (including phenoxy) is 1. The number of benzene rings is 1. The first-order valence-electron chi connectivity index (χ1n) is 7.60. The maximum absolute atomic E-state index is 9.39. The Balaban J connectivity index is 1.72. The van der Waals surface area contributed by atoms with Gasteiger partial charge < -0.3 is 14.7 Å². The molecule has 0 saturated carbocycles. The van der Waals surface area contributed by atoms with Crippen LogP contribution in [0, 0.1) is 0 Å². The first-order valence-corrected chi connectivity index (χ1v) is 7.60. The van der Waals surface area contributed by atoms with Crippen molar-refractivity contribution in [3.8, 4) is 5.88 Å². The van der Waals surface area contributed by atoms with Crippen molar-refractivity contribution in [1.82, 2.24) is 9.88 Å². The molecular formula is C17H22N2O2. The minimum atomic E-state index is 0.000657. The number of nitrogens with zero attached hydrogens (tertiary/aromatic N) is 2. The molecule has 112 valence electrons. The van der Waals surface area contributed by atoms with Gasteiger partial charge in [0.1, 0.15) is 0 Å². The monoisotopic (exact) mass is 286 g/mol. The number of aromatic nitrogens is 1. The van der Waals surface area contributed by atoms with Gasteiger partial charge in [-0.2, -0.15) is 0 Å². The second-order valence-corrected chi connectivity index (χ2v) is 5.71. The van der Waals surface area contributed by atoms with Crippen LogP contribution >= 0.6 is 0 Å². The maximum atomic E-state index is 9.39. The van der Waals surface area contributed by atoms with Crippen molar-refractivity contribution in [1.29, 1.82) is 0 Å². The molecule has 2 heterocycles. The van der Waals surface area contributed by atoms with Gasteiger partial charge in [0.25, 0.3) is 0 Å². The first kappa shape index (κ1) is 14.3. The second-order valence-electron chi connectivity index (χ2n) is 5.71. The van der Waals surface area contributed by atoms with Gasteiger partial charge in [0.05, 0.1) is 13.2 Å². The highest BCUT2D eigenvalue weighted by atomic mass is 16.5. The predicted octanol–water partition coefficient (Wildman–Crippen LogP) is 2.59. The summed E-state index contributed by atoms with van der Waals surface area (Å²) in [6.45, 7) is 1.88. The molecule has 1 N–H and O–H groups in total. The summed E-state index contributed by atoms with van der Waals surface area (Å²) in [7, 11) is 2.18. The Morgan fingerprint density at radius 3 is 2.86 bits per heavy atom. The van der Waals surface area contributed by atoms with Crippen LogP contribution in [-0.2, 0) is 6.61 Å². The van der Waals surface area contributed by atoms with E-state index in [1.807, 2.05) is 24.3 Å². The van der Waals surface area contributed by atoms with E-state index in [4.69, 9.17) is 4.74 Å². The zero-order chi connectivity index (χ0) is 14.7. The summed E-state index contributed by atoms with van der Waals surface area (Å²) in [4.78, 5) is 6.77. The third-order valence-corrected chi connectivity index (χ3v) is 4.37. The van der Waals surface area contributed by atoms with Gasteiger partial charge in [-0.1, -0.05) is 18.2 Å². The molecule has 0 bridgehead atoms. The van der Waals surface area contributed by atoms with Crippen LogP contribution < -0.4 is 4.74 Å². The summed E-state index contributed by atoms with van der Waals surface area (Å²) in [6, 6.07) is 8.58. The average molecular weight is 286 g/mol. The molecule has 3 rings (SSSR count). The number of fused-ring (bicyclic) bond motifs is 1. The molecule has 2 aromatic rings. The smallest absolute Gasteiger partial charge is 0.221 e. The topological polar surface area (TPSA) is 45.6 Å². The number of hydrogen-bond donors (Lipinski definition) is 1. The summed E-state index contributed by atoms with van der Waals surface area (Å²) >= 11 is 0. The largest absolute Gasteiger partial charge is 0.477 e. The van der Waals surface area contributed by atoms with Crippen molar-refractivity contribution in [2.75, 3.05) is 20.2 Å². The van der Waals surface area contributed by atoms with E-state index in [2.05, 4.69) is 16.9 Å². The molecule has 1 fully saturated rings. The number of pyridine rings is 1. The van der Waals surface area contributed by atoms with Gasteiger partial charge in [0.15, 0.2) is 0 Å². The molecular weight excluding hydrogens is 264 g/mol. The van der Waals surface area contributed by atoms with E-state index < -0.39 is 0 Å². The van der Waals surface area contributed by atoms with Gasteiger partial charge in [0, 0.05) is 23.2 Å². The molecule has 1 aromatic heterocycles. The van der Waals surface area contributed by atoms with E-state index in [1.54, 1.807) is 6.20 Å². The van der Waals surface area contributed by atoms with Crippen LogP contribution in [0.5, 0.6) is 5.88 Å². The zero-order valence-corrected chi connectivity index (χ0v) is 12.5. The summed E-state index contributed by atoms with van der Waals surface area (Å²) in [5.74, 6) is 0.670. The molecule has 4 nitrogen and oxygen atoms in total. The minimum Gasteiger partial charge on any atom is -0.477 e. The van der Waals surface area contributed by atoms with Gasteiger partial charge in [-0.15, -0.1) is 0 Å². The fraction of sp³-hybridized carbons (Fsp3) is 0.471. The third kappa shape index (κ3) is 3.01. The van der Waals surface area contributed by atoms with E-state index in [0.29, 0.717) is 18.5 Å². The third-order valence-electron chi connectivity index (χ3n) is 4.37. The standard InChI is InChI=1S/C17H22N2O2/c1-19-9-4-5-14(19)8-10-21-17-16-7-3-2-6-15(16)13(12-20)11-18-17/h2-3,6-7,11,14,20H,4-5,8-10,12H2,1H3. The Morgan fingerprint density at radius 1 is 1.33 bits per heavy atom.